The normalized spacial score (nSPS) is 31.6. The van der Waals surface area contributed by atoms with Gasteiger partial charge in [0.15, 0.2) is 9.84 Å². The van der Waals surface area contributed by atoms with Crippen molar-refractivity contribution in [3.8, 4) is 0 Å². The van der Waals surface area contributed by atoms with E-state index in [0.717, 1.165) is 10.5 Å². The number of benzene rings is 1. The number of rotatable bonds is 2. The van der Waals surface area contributed by atoms with Crippen LogP contribution in [0.2, 0.25) is 0 Å². The van der Waals surface area contributed by atoms with Gasteiger partial charge in [0.2, 0.25) is 0 Å². The van der Waals surface area contributed by atoms with Gasteiger partial charge in [-0.15, -0.1) is 0 Å². The van der Waals surface area contributed by atoms with Crippen LogP contribution in [0.3, 0.4) is 0 Å². The Kier molecular flexibility index (Phi) is 3.22. The zero-order chi connectivity index (χ0) is 15.4. The first-order valence-corrected chi connectivity index (χ1v) is 8.38. The molecule has 3 rings (SSSR count). The molecule has 2 bridgehead atoms. The minimum Gasteiger partial charge on any atom is -0.465 e. The van der Waals surface area contributed by atoms with Gasteiger partial charge in [-0.1, -0.05) is 17.7 Å². The number of carbonyl (C=O) groups is 1. The average molecular weight is 311 g/mol. The number of carboxylic acid groups (broad SMARTS) is 1. The Labute approximate surface area is 122 Å². The molecular formula is C14H17NO5S. The van der Waals surface area contributed by atoms with Crippen molar-refractivity contribution in [2.24, 2.45) is 0 Å². The molecule has 1 amide bonds. The zero-order valence-corrected chi connectivity index (χ0v) is 12.3. The third kappa shape index (κ3) is 2.03. The molecule has 2 aliphatic heterocycles. The molecule has 0 aromatic heterocycles. The summed E-state index contributed by atoms with van der Waals surface area (Å²) >= 11 is 0. The van der Waals surface area contributed by atoms with Crippen LogP contribution in [0.1, 0.15) is 18.4 Å². The van der Waals surface area contributed by atoms with Crippen LogP contribution < -0.4 is 0 Å². The molecule has 2 heterocycles. The minimum atomic E-state index is -3.76. The summed E-state index contributed by atoms with van der Waals surface area (Å²) in [6.45, 7) is 1.86. The Bertz CT molecular complexity index is 669. The maximum atomic E-state index is 12.7. The SMILES string of the molecule is Cc1ccc(S(=O)(=O)C2C(O)C3CCC2N3C(=O)O)cc1. The second-order valence-corrected chi connectivity index (χ2v) is 7.82. The molecule has 21 heavy (non-hydrogen) atoms. The van der Waals surface area contributed by atoms with Crippen molar-refractivity contribution in [2.45, 2.75) is 48.1 Å². The van der Waals surface area contributed by atoms with Gasteiger partial charge in [0.05, 0.1) is 23.1 Å². The van der Waals surface area contributed by atoms with Crippen LogP contribution in [-0.2, 0) is 9.84 Å². The summed E-state index contributed by atoms with van der Waals surface area (Å²) in [6, 6.07) is 5.14. The fraction of sp³-hybridized carbons (Fsp3) is 0.500. The van der Waals surface area contributed by atoms with E-state index in [0.29, 0.717) is 12.8 Å². The number of fused-ring (bicyclic) bond motifs is 2. The van der Waals surface area contributed by atoms with Crippen molar-refractivity contribution in [2.75, 3.05) is 0 Å². The van der Waals surface area contributed by atoms with Crippen molar-refractivity contribution < 1.29 is 23.4 Å². The lowest BCUT2D eigenvalue weighted by molar-refractivity contribution is 0.107. The highest BCUT2D eigenvalue weighted by atomic mass is 32.2. The molecule has 0 aliphatic carbocycles. The van der Waals surface area contributed by atoms with E-state index in [1.807, 2.05) is 6.92 Å². The monoisotopic (exact) mass is 311 g/mol. The van der Waals surface area contributed by atoms with Gasteiger partial charge in [0, 0.05) is 0 Å². The summed E-state index contributed by atoms with van der Waals surface area (Å²) in [5.74, 6) is 0. The standard InChI is InChI=1S/C14H17NO5S/c1-8-2-4-9(5-3-8)21(19,20)13-11-7-6-10(12(13)16)15(11)14(17)18/h2-5,10-13,16H,6-7H2,1H3,(H,17,18). The first-order chi connectivity index (χ1) is 9.84. The van der Waals surface area contributed by atoms with Crippen LogP contribution in [-0.4, -0.2) is 53.1 Å². The van der Waals surface area contributed by atoms with E-state index >= 15 is 0 Å². The van der Waals surface area contributed by atoms with E-state index in [2.05, 4.69) is 0 Å². The van der Waals surface area contributed by atoms with E-state index < -0.39 is 39.4 Å². The van der Waals surface area contributed by atoms with Gasteiger partial charge in [0.1, 0.15) is 5.25 Å². The number of hydrogen-bond donors (Lipinski definition) is 2. The fourth-order valence-corrected chi connectivity index (χ4v) is 5.59. The molecule has 2 N–H and O–H groups in total. The van der Waals surface area contributed by atoms with Crippen LogP contribution in [0.5, 0.6) is 0 Å². The van der Waals surface area contributed by atoms with E-state index in [-0.39, 0.29) is 4.90 Å². The zero-order valence-electron chi connectivity index (χ0n) is 11.5. The third-order valence-corrected chi connectivity index (χ3v) is 6.75. The van der Waals surface area contributed by atoms with Gasteiger partial charge in [-0.05, 0) is 31.9 Å². The van der Waals surface area contributed by atoms with Crippen LogP contribution in [0.4, 0.5) is 4.79 Å². The topological polar surface area (TPSA) is 94.9 Å². The molecule has 2 saturated heterocycles. The van der Waals surface area contributed by atoms with Crippen molar-refractivity contribution >= 4 is 15.9 Å². The summed E-state index contributed by atoms with van der Waals surface area (Å²) in [5.41, 5.74) is 0.939. The Morgan fingerprint density at radius 1 is 1.19 bits per heavy atom. The maximum Gasteiger partial charge on any atom is 0.407 e. The summed E-state index contributed by atoms with van der Waals surface area (Å²) in [7, 11) is -3.76. The number of sulfone groups is 1. The summed E-state index contributed by atoms with van der Waals surface area (Å²) in [5, 5.41) is 18.4. The summed E-state index contributed by atoms with van der Waals surface area (Å²) < 4.78 is 25.5. The Morgan fingerprint density at radius 3 is 2.29 bits per heavy atom. The summed E-state index contributed by atoms with van der Waals surface area (Å²) in [4.78, 5) is 12.5. The Balaban J connectivity index is 2.00. The van der Waals surface area contributed by atoms with Gasteiger partial charge in [-0.25, -0.2) is 13.2 Å². The molecule has 2 aliphatic rings. The maximum absolute atomic E-state index is 12.7. The van der Waals surface area contributed by atoms with E-state index in [1.54, 1.807) is 12.1 Å². The molecule has 0 radical (unpaired) electrons. The molecule has 0 saturated carbocycles. The summed E-state index contributed by atoms with van der Waals surface area (Å²) in [6.07, 6.45) is -1.34. The predicted octanol–water partition coefficient (Wildman–Crippen LogP) is 1.02. The molecule has 2 fully saturated rings. The lowest BCUT2D eigenvalue weighted by Crippen LogP contribution is -2.43. The second-order valence-electron chi connectivity index (χ2n) is 5.72. The van der Waals surface area contributed by atoms with Crippen molar-refractivity contribution in [3.05, 3.63) is 29.8 Å². The molecule has 6 nitrogen and oxygen atoms in total. The van der Waals surface area contributed by atoms with Gasteiger partial charge in [-0.2, -0.15) is 0 Å². The molecule has 1 aromatic rings. The van der Waals surface area contributed by atoms with E-state index in [9.17, 15) is 23.4 Å². The van der Waals surface area contributed by atoms with Crippen LogP contribution >= 0.6 is 0 Å². The van der Waals surface area contributed by atoms with Crippen LogP contribution in [0.15, 0.2) is 29.2 Å². The molecular weight excluding hydrogens is 294 g/mol. The van der Waals surface area contributed by atoms with E-state index in [1.165, 1.54) is 12.1 Å². The largest absolute Gasteiger partial charge is 0.465 e. The molecule has 4 atom stereocenters. The predicted molar refractivity (Wildman–Crippen MR) is 74.8 cm³/mol. The molecule has 114 valence electrons. The van der Waals surface area contributed by atoms with Gasteiger partial charge < -0.3 is 10.2 Å². The number of aryl methyl sites for hydroxylation is 1. The molecule has 7 heteroatoms. The van der Waals surface area contributed by atoms with Gasteiger partial charge >= 0.3 is 6.09 Å². The van der Waals surface area contributed by atoms with Crippen molar-refractivity contribution in [3.63, 3.8) is 0 Å². The second kappa shape index (κ2) is 4.71. The van der Waals surface area contributed by atoms with Crippen LogP contribution in [0.25, 0.3) is 0 Å². The highest BCUT2D eigenvalue weighted by Gasteiger charge is 2.59. The third-order valence-electron chi connectivity index (χ3n) is 4.51. The lowest BCUT2D eigenvalue weighted by atomic mass is 9.97. The van der Waals surface area contributed by atoms with Crippen molar-refractivity contribution in [1.82, 2.24) is 4.90 Å². The van der Waals surface area contributed by atoms with E-state index in [4.69, 9.17) is 0 Å². The Morgan fingerprint density at radius 2 is 1.76 bits per heavy atom. The average Bonchev–Trinajstić information content (AvgIpc) is 2.94. The number of amides is 1. The van der Waals surface area contributed by atoms with Crippen LogP contribution in [0, 0.1) is 6.92 Å². The number of hydrogen-bond acceptors (Lipinski definition) is 4. The number of aliphatic hydroxyl groups is 1. The van der Waals surface area contributed by atoms with Crippen molar-refractivity contribution in [1.29, 1.82) is 0 Å². The van der Waals surface area contributed by atoms with Gasteiger partial charge in [0.25, 0.3) is 0 Å². The number of nitrogens with zero attached hydrogens (tertiary/aromatic N) is 1. The lowest BCUT2D eigenvalue weighted by Gasteiger charge is -2.24. The fourth-order valence-electron chi connectivity index (χ4n) is 3.53. The minimum absolute atomic E-state index is 0.134. The number of aliphatic hydroxyl groups excluding tert-OH is 1. The first kappa shape index (κ1) is 14.3. The highest BCUT2D eigenvalue weighted by Crippen LogP contribution is 2.42. The van der Waals surface area contributed by atoms with Gasteiger partial charge in [-0.3, -0.25) is 4.90 Å². The Hall–Kier alpha value is -1.60. The molecule has 1 aromatic carbocycles. The molecule has 4 unspecified atom stereocenters. The first-order valence-electron chi connectivity index (χ1n) is 6.84. The molecule has 0 spiro atoms. The highest BCUT2D eigenvalue weighted by molar-refractivity contribution is 7.92. The smallest absolute Gasteiger partial charge is 0.407 e. The quantitative estimate of drug-likeness (QED) is 0.850.